The summed E-state index contributed by atoms with van der Waals surface area (Å²) >= 11 is 0. The number of nitrogens with zero attached hydrogens (tertiary/aromatic N) is 2. The summed E-state index contributed by atoms with van der Waals surface area (Å²) in [7, 11) is 0. The molecule has 0 saturated carbocycles. The minimum absolute atomic E-state index is 0.00748. The highest BCUT2D eigenvalue weighted by Crippen LogP contribution is 2.22. The van der Waals surface area contributed by atoms with E-state index in [0.29, 0.717) is 18.7 Å². The molecule has 1 saturated heterocycles. The molecule has 0 aliphatic carbocycles. The van der Waals surface area contributed by atoms with Crippen LogP contribution in [0.4, 0.5) is 8.78 Å². The number of pyridine rings is 1. The molecule has 2 amide bonds. The van der Waals surface area contributed by atoms with Crippen LogP contribution in [0.15, 0.2) is 18.5 Å². The van der Waals surface area contributed by atoms with Gasteiger partial charge < -0.3 is 15.0 Å². The van der Waals surface area contributed by atoms with Crippen molar-refractivity contribution in [3.05, 3.63) is 29.6 Å². The van der Waals surface area contributed by atoms with E-state index in [1.54, 1.807) is 12.4 Å². The third kappa shape index (κ3) is 6.53. The molecule has 1 aromatic heterocycles. The number of halogens is 2. The van der Waals surface area contributed by atoms with Crippen LogP contribution in [0.25, 0.3) is 0 Å². The second kappa shape index (κ2) is 10.3. The van der Waals surface area contributed by atoms with Crippen LogP contribution in [0.3, 0.4) is 0 Å². The summed E-state index contributed by atoms with van der Waals surface area (Å²) in [4.78, 5) is 30.4. The van der Waals surface area contributed by atoms with Gasteiger partial charge in [-0.25, -0.2) is 8.78 Å². The minimum atomic E-state index is -2.52. The van der Waals surface area contributed by atoms with Gasteiger partial charge in [0, 0.05) is 37.9 Å². The van der Waals surface area contributed by atoms with Gasteiger partial charge in [0.2, 0.25) is 5.91 Å². The van der Waals surface area contributed by atoms with Gasteiger partial charge in [-0.05, 0) is 44.2 Å². The molecule has 1 N–H and O–H groups in total. The molecule has 8 heteroatoms. The molecule has 0 spiro atoms. The first kappa shape index (κ1) is 21.2. The Morgan fingerprint density at radius 2 is 2.07 bits per heavy atom. The van der Waals surface area contributed by atoms with Gasteiger partial charge in [-0.3, -0.25) is 14.6 Å². The predicted octanol–water partition coefficient (Wildman–Crippen LogP) is 2.42. The lowest BCUT2D eigenvalue weighted by molar-refractivity contribution is -0.123. The summed E-state index contributed by atoms with van der Waals surface area (Å²) in [6.45, 7) is 4.44. The minimum Gasteiger partial charge on any atom is -0.375 e. The van der Waals surface area contributed by atoms with Gasteiger partial charge in [0.25, 0.3) is 12.3 Å². The van der Waals surface area contributed by atoms with Crippen molar-refractivity contribution in [3.8, 4) is 0 Å². The monoisotopic (exact) mass is 383 g/mol. The molecular weight excluding hydrogens is 356 g/mol. The van der Waals surface area contributed by atoms with Gasteiger partial charge in [-0.15, -0.1) is 0 Å². The lowest BCUT2D eigenvalue weighted by atomic mass is 9.90. The number of carbonyl (C=O) groups excluding carboxylic acids is 2. The molecular formula is C19H27F2N3O3. The van der Waals surface area contributed by atoms with Crippen LogP contribution in [0, 0.1) is 12.8 Å². The highest BCUT2D eigenvalue weighted by Gasteiger charge is 2.28. The first-order valence-corrected chi connectivity index (χ1v) is 9.23. The summed E-state index contributed by atoms with van der Waals surface area (Å²) in [5.74, 6) is 0.0585. The Kier molecular flexibility index (Phi) is 8.09. The average Bonchev–Trinajstić information content (AvgIpc) is 2.65. The lowest BCUT2D eigenvalue weighted by Gasteiger charge is -2.35. The van der Waals surface area contributed by atoms with Crippen molar-refractivity contribution in [3.63, 3.8) is 0 Å². The normalized spacial score (nSPS) is 16.4. The average molecular weight is 383 g/mol. The van der Waals surface area contributed by atoms with Crippen LogP contribution in [0.2, 0.25) is 0 Å². The Morgan fingerprint density at radius 3 is 2.70 bits per heavy atom. The Balaban J connectivity index is 1.74. The zero-order valence-electron chi connectivity index (χ0n) is 15.8. The SMILES string of the molecule is Cc1ccncc1C(=O)N1CCC([C@@H](C)NC(=O)CCOCC(F)F)CC1. The van der Waals surface area contributed by atoms with E-state index in [9.17, 15) is 18.4 Å². The number of piperidine rings is 1. The standard InChI is InChI=1S/C19H27F2N3O3/c1-13-3-7-22-11-16(13)19(26)24-8-4-15(5-9-24)14(2)23-18(25)6-10-27-12-17(20)21/h3,7,11,14-15,17H,4-6,8-10,12H2,1-2H3,(H,23,25)/t14-/m1/s1. The van der Waals surface area contributed by atoms with Crippen molar-refractivity contribution >= 4 is 11.8 Å². The van der Waals surface area contributed by atoms with Crippen molar-refractivity contribution in [1.29, 1.82) is 0 Å². The summed E-state index contributed by atoms with van der Waals surface area (Å²) in [6, 6.07) is 1.78. The first-order valence-electron chi connectivity index (χ1n) is 9.23. The van der Waals surface area contributed by atoms with Gasteiger partial charge >= 0.3 is 0 Å². The largest absolute Gasteiger partial charge is 0.375 e. The highest BCUT2D eigenvalue weighted by atomic mass is 19.3. The number of hydrogen-bond acceptors (Lipinski definition) is 4. The summed E-state index contributed by atoms with van der Waals surface area (Å²) in [5, 5.41) is 2.90. The fourth-order valence-corrected chi connectivity index (χ4v) is 3.24. The van der Waals surface area contributed by atoms with Crippen LogP contribution in [0.1, 0.15) is 42.1 Å². The maximum atomic E-state index is 12.6. The fraction of sp³-hybridized carbons (Fsp3) is 0.632. The van der Waals surface area contributed by atoms with Crippen LogP contribution in [-0.2, 0) is 9.53 Å². The van der Waals surface area contributed by atoms with Crippen molar-refractivity contribution in [2.75, 3.05) is 26.3 Å². The molecule has 0 radical (unpaired) electrons. The molecule has 27 heavy (non-hydrogen) atoms. The molecule has 1 atom stereocenters. The second-order valence-corrected chi connectivity index (χ2v) is 6.89. The number of rotatable bonds is 8. The Bertz CT molecular complexity index is 634. The Morgan fingerprint density at radius 1 is 1.37 bits per heavy atom. The third-order valence-corrected chi connectivity index (χ3v) is 4.91. The van der Waals surface area contributed by atoms with E-state index < -0.39 is 13.0 Å². The first-order chi connectivity index (χ1) is 12.9. The summed E-state index contributed by atoms with van der Waals surface area (Å²) < 4.78 is 28.7. The molecule has 1 aliphatic heterocycles. The Labute approximate surface area is 158 Å². The van der Waals surface area contributed by atoms with E-state index >= 15 is 0 Å². The number of ether oxygens (including phenoxy) is 1. The molecule has 0 bridgehead atoms. The molecule has 0 unspecified atom stereocenters. The Hall–Kier alpha value is -2.09. The van der Waals surface area contributed by atoms with Gasteiger partial charge in [0.1, 0.15) is 6.61 Å². The van der Waals surface area contributed by atoms with E-state index in [0.717, 1.165) is 18.4 Å². The third-order valence-electron chi connectivity index (χ3n) is 4.91. The van der Waals surface area contributed by atoms with Crippen LogP contribution in [0.5, 0.6) is 0 Å². The number of hydrogen-bond donors (Lipinski definition) is 1. The van der Waals surface area contributed by atoms with Gasteiger partial charge in [-0.2, -0.15) is 0 Å². The second-order valence-electron chi connectivity index (χ2n) is 6.89. The van der Waals surface area contributed by atoms with Crippen LogP contribution >= 0.6 is 0 Å². The fourth-order valence-electron chi connectivity index (χ4n) is 3.24. The van der Waals surface area contributed by atoms with Crippen LogP contribution in [-0.4, -0.2) is 60.5 Å². The van der Waals surface area contributed by atoms with E-state index in [-0.39, 0.29) is 36.8 Å². The molecule has 1 fully saturated rings. The lowest BCUT2D eigenvalue weighted by Crippen LogP contribution is -2.45. The molecule has 1 aromatic rings. The summed E-state index contributed by atoms with van der Waals surface area (Å²) in [5.41, 5.74) is 1.54. The van der Waals surface area contributed by atoms with E-state index in [1.807, 2.05) is 24.8 Å². The number of aryl methyl sites for hydroxylation is 1. The van der Waals surface area contributed by atoms with E-state index in [4.69, 9.17) is 4.74 Å². The van der Waals surface area contributed by atoms with E-state index in [1.165, 1.54) is 0 Å². The van der Waals surface area contributed by atoms with E-state index in [2.05, 4.69) is 10.3 Å². The highest BCUT2D eigenvalue weighted by molar-refractivity contribution is 5.95. The van der Waals surface area contributed by atoms with Gasteiger partial charge in [0.15, 0.2) is 0 Å². The molecule has 2 rings (SSSR count). The molecule has 6 nitrogen and oxygen atoms in total. The number of carbonyl (C=O) groups is 2. The van der Waals surface area contributed by atoms with Crippen molar-refractivity contribution in [1.82, 2.24) is 15.2 Å². The maximum absolute atomic E-state index is 12.6. The zero-order valence-corrected chi connectivity index (χ0v) is 15.8. The number of amides is 2. The van der Waals surface area contributed by atoms with Crippen molar-refractivity contribution < 1.29 is 23.1 Å². The predicted molar refractivity (Wildman–Crippen MR) is 96.6 cm³/mol. The number of nitrogens with one attached hydrogen (secondary N) is 1. The topological polar surface area (TPSA) is 71.5 Å². The van der Waals surface area contributed by atoms with Crippen molar-refractivity contribution in [2.45, 2.75) is 45.6 Å². The summed E-state index contributed by atoms with van der Waals surface area (Å²) in [6.07, 6.45) is 2.41. The molecule has 2 heterocycles. The number of likely N-dealkylation sites (tertiary alicyclic amines) is 1. The van der Waals surface area contributed by atoms with Crippen molar-refractivity contribution in [2.24, 2.45) is 5.92 Å². The van der Waals surface area contributed by atoms with Gasteiger partial charge in [-0.1, -0.05) is 0 Å². The molecule has 1 aliphatic rings. The number of alkyl halides is 2. The number of aromatic nitrogens is 1. The molecule has 150 valence electrons. The molecule has 0 aromatic carbocycles. The smallest absolute Gasteiger partial charge is 0.261 e. The quantitative estimate of drug-likeness (QED) is 0.700. The van der Waals surface area contributed by atoms with Crippen LogP contribution < -0.4 is 5.32 Å². The van der Waals surface area contributed by atoms with Gasteiger partial charge in [0.05, 0.1) is 12.2 Å². The zero-order chi connectivity index (χ0) is 19.8. The maximum Gasteiger partial charge on any atom is 0.261 e.